The van der Waals surface area contributed by atoms with Crippen LogP contribution in [0.2, 0.25) is 0 Å². The molecule has 1 aliphatic heterocycles. The molecule has 1 fully saturated rings. The third kappa shape index (κ3) is 5.16. The van der Waals surface area contributed by atoms with Crippen molar-refractivity contribution in [3.8, 4) is 5.69 Å². The number of hydrogen-bond acceptors (Lipinski definition) is 4. The molecule has 8 nitrogen and oxygen atoms in total. The van der Waals surface area contributed by atoms with Crippen LogP contribution in [0.4, 0.5) is 4.39 Å². The Balaban J connectivity index is 1.32. The highest BCUT2D eigenvalue weighted by molar-refractivity contribution is 5.91. The van der Waals surface area contributed by atoms with Gasteiger partial charge in [-0.25, -0.2) is 9.07 Å². The van der Waals surface area contributed by atoms with E-state index < -0.39 is 0 Å². The summed E-state index contributed by atoms with van der Waals surface area (Å²) in [4.78, 5) is 21.2. The summed E-state index contributed by atoms with van der Waals surface area (Å²) >= 11 is 0. The predicted molar refractivity (Wildman–Crippen MR) is 119 cm³/mol. The molecule has 1 amide bonds. The van der Waals surface area contributed by atoms with Gasteiger partial charge in [-0.1, -0.05) is 0 Å². The minimum atomic E-state index is -0.266. The van der Waals surface area contributed by atoms with Crippen LogP contribution in [-0.4, -0.2) is 70.7 Å². The number of halogens is 1. The minimum Gasteiger partial charge on any atom is -0.459 e. The van der Waals surface area contributed by atoms with E-state index >= 15 is 0 Å². The molecule has 2 aromatic heterocycles. The highest BCUT2D eigenvalue weighted by atomic mass is 19.1. The maximum absolute atomic E-state index is 13.1. The summed E-state index contributed by atoms with van der Waals surface area (Å²) in [7, 11) is 0. The molecule has 3 heterocycles. The van der Waals surface area contributed by atoms with Gasteiger partial charge in [0.1, 0.15) is 5.82 Å². The zero-order valence-corrected chi connectivity index (χ0v) is 18.1. The smallest absolute Gasteiger partial charge is 0.289 e. The summed E-state index contributed by atoms with van der Waals surface area (Å²) in [5, 5.41) is 7.90. The summed E-state index contributed by atoms with van der Waals surface area (Å²) < 4.78 is 20.1. The average molecular weight is 439 g/mol. The number of rotatable bonds is 6. The molecule has 0 saturated carbocycles. The van der Waals surface area contributed by atoms with E-state index in [1.54, 1.807) is 33.8 Å². The van der Waals surface area contributed by atoms with Crippen LogP contribution in [0, 0.1) is 5.82 Å². The van der Waals surface area contributed by atoms with Gasteiger partial charge in [0.25, 0.3) is 5.91 Å². The second-order valence-electron chi connectivity index (χ2n) is 7.47. The van der Waals surface area contributed by atoms with Gasteiger partial charge in [-0.3, -0.25) is 9.79 Å². The van der Waals surface area contributed by atoms with Gasteiger partial charge in [0.2, 0.25) is 0 Å². The second kappa shape index (κ2) is 10.1. The summed E-state index contributed by atoms with van der Waals surface area (Å²) in [6, 6.07) is 11.6. The first-order valence-electron chi connectivity index (χ1n) is 10.8. The van der Waals surface area contributed by atoms with Gasteiger partial charge in [0.05, 0.1) is 17.6 Å². The van der Waals surface area contributed by atoms with Crippen LogP contribution in [-0.2, 0) is 6.42 Å². The second-order valence-corrected chi connectivity index (χ2v) is 7.47. The zero-order chi connectivity index (χ0) is 22.3. The molecule has 0 radical (unpaired) electrons. The van der Waals surface area contributed by atoms with Crippen LogP contribution >= 0.6 is 0 Å². The molecular formula is C23H27FN6O2. The van der Waals surface area contributed by atoms with Crippen molar-refractivity contribution in [1.82, 2.24) is 24.9 Å². The van der Waals surface area contributed by atoms with Crippen molar-refractivity contribution in [3.63, 3.8) is 0 Å². The number of nitrogens with one attached hydrogen (secondary N) is 1. The number of carbonyl (C=O) groups excluding carboxylic acids is 1. The Morgan fingerprint density at radius 3 is 2.56 bits per heavy atom. The van der Waals surface area contributed by atoms with Crippen molar-refractivity contribution >= 4 is 11.9 Å². The molecule has 9 heteroatoms. The molecular weight excluding hydrogens is 411 g/mol. The Hall–Kier alpha value is -3.62. The number of aliphatic imine (C=N–C) groups is 1. The molecule has 1 N–H and O–H groups in total. The minimum absolute atomic E-state index is 0.0756. The standard InChI is InChI=1S/C23H27FN6O2/c1-2-25-23(29-15-13-28(14-16-29)22(31)21-4-3-17-32-21)26-11-9-19-10-12-30(27-19)20-7-5-18(24)6-8-20/h3-8,10,12,17H,2,9,11,13-16H2,1H3,(H,25,26). The molecule has 1 aromatic carbocycles. The Morgan fingerprint density at radius 2 is 1.88 bits per heavy atom. The lowest BCUT2D eigenvalue weighted by atomic mass is 10.3. The number of furan rings is 1. The van der Waals surface area contributed by atoms with Crippen LogP contribution in [0.15, 0.2) is 64.3 Å². The normalized spacial score (nSPS) is 14.6. The third-order valence-corrected chi connectivity index (χ3v) is 5.30. The topological polar surface area (TPSA) is 78.9 Å². The lowest BCUT2D eigenvalue weighted by Crippen LogP contribution is -2.53. The average Bonchev–Trinajstić information content (AvgIpc) is 3.51. The monoisotopic (exact) mass is 438 g/mol. The zero-order valence-electron chi connectivity index (χ0n) is 18.1. The van der Waals surface area contributed by atoms with Gasteiger partial charge in [-0.05, 0) is 49.4 Å². The van der Waals surface area contributed by atoms with E-state index in [0.29, 0.717) is 44.9 Å². The quantitative estimate of drug-likeness (QED) is 0.473. The predicted octanol–water partition coefficient (Wildman–Crippen LogP) is 2.57. The van der Waals surface area contributed by atoms with Crippen LogP contribution < -0.4 is 5.32 Å². The van der Waals surface area contributed by atoms with E-state index in [2.05, 4.69) is 15.3 Å². The van der Waals surface area contributed by atoms with Gasteiger partial charge in [-0.2, -0.15) is 5.10 Å². The highest BCUT2D eigenvalue weighted by Gasteiger charge is 2.25. The summed E-state index contributed by atoms with van der Waals surface area (Å²) in [5.74, 6) is 0.876. The molecule has 0 aliphatic carbocycles. The number of carbonyl (C=O) groups is 1. The first-order valence-corrected chi connectivity index (χ1v) is 10.8. The van der Waals surface area contributed by atoms with Crippen molar-refractivity contribution < 1.29 is 13.6 Å². The molecule has 168 valence electrons. The van der Waals surface area contributed by atoms with E-state index in [0.717, 1.165) is 23.9 Å². The molecule has 1 aliphatic rings. The van der Waals surface area contributed by atoms with Crippen molar-refractivity contribution in [1.29, 1.82) is 0 Å². The maximum atomic E-state index is 13.1. The molecule has 0 unspecified atom stereocenters. The lowest BCUT2D eigenvalue weighted by Gasteiger charge is -2.36. The van der Waals surface area contributed by atoms with Gasteiger partial charge in [0, 0.05) is 51.9 Å². The number of nitrogens with zero attached hydrogens (tertiary/aromatic N) is 5. The Morgan fingerprint density at radius 1 is 1.12 bits per heavy atom. The maximum Gasteiger partial charge on any atom is 0.289 e. The first kappa shape index (κ1) is 21.6. The van der Waals surface area contributed by atoms with Crippen molar-refractivity contribution in [2.45, 2.75) is 13.3 Å². The molecule has 1 saturated heterocycles. The van der Waals surface area contributed by atoms with E-state index in [1.165, 1.54) is 18.4 Å². The Kier molecular flexibility index (Phi) is 6.84. The van der Waals surface area contributed by atoms with Gasteiger partial charge < -0.3 is 19.5 Å². The Bertz CT molecular complexity index is 1040. The molecule has 4 rings (SSSR count). The number of aromatic nitrogens is 2. The number of amides is 1. The number of benzene rings is 1. The van der Waals surface area contributed by atoms with E-state index in [9.17, 15) is 9.18 Å². The number of piperazine rings is 1. The molecule has 3 aromatic rings. The lowest BCUT2D eigenvalue weighted by molar-refractivity contribution is 0.0657. The van der Waals surface area contributed by atoms with Gasteiger partial charge in [0.15, 0.2) is 11.7 Å². The van der Waals surface area contributed by atoms with Crippen LogP contribution in [0.3, 0.4) is 0 Å². The van der Waals surface area contributed by atoms with E-state index in [4.69, 9.17) is 9.41 Å². The number of hydrogen-bond donors (Lipinski definition) is 1. The fourth-order valence-electron chi connectivity index (χ4n) is 3.61. The largest absolute Gasteiger partial charge is 0.459 e. The molecule has 0 atom stereocenters. The molecule has 32 heavy (non-hydrogen) atoms. The Labute approximate surface area is 186 Å². The SMILES string of the molecule is CCNC(=NCCc1ccn(-c2ccc(F)cc2)n1)N1CCN(C(=O)c2ccco2)CC1. The fraction of sp³-hybridized carbons (Fsp3) is 0.348. The van der Waals surface area contributed by atoms with Crippen molar-refractivity contribution in [2.24, 2.45) is 4.99 Å². The summed E-state index contributed by atoms with van der Waals surface area (Å²) in [5.41, 5.74) is 1.74. The molecule has 0 bridgehead atoms. The van der Waals surface area contributed by atoms with E-state index in [-0.39, 0.29) is 11.7 Å². The number of guanidine groups is 1. The van der Waals surface area contributed by atoms with Crippen LogP contribution in [0.5, 0.6) is 0 Å². The van der Waals surface area contributed by atoms with Crippen molar-refractivity contribution in [2.75, 3.05) is 39.3 Å². The van der Waals surface area contributed by atoms with E-state index in [1.807, 2.05) is 19.2 Å². The highest BCUT2D eigenvalue weighted by Crippen LogP contribution is 2.11. The molecule has 0 spiro atoms. The third-order valence-electron chi connectivity index (χ3n) is 5.30. The first-order chi connectivity index (χ1) is 15.6. The summed E-state index contributed by atoms with van der Waals surface area (Å²) in [6.45, 7) is 6.04. The fourth-order valence-corrected chi connectivity index (χ4v) is 3.61. The van der Waals surface area contributed by atoms with Gasteiger partial charge in [-0.15, -0.1) is 0 Å². The summed E-state index contributed by atoms with van der Waals surface area (Å²) in [6.07, 6.45) is 4.08. The van der Waals surface area contributed by atoms with Crippen LogP contribution in [0.1, 0.15) is 23.2 Å². The van der Waals surface area contributed by atoms with Gasteiger partial charge >= 0.3 is 0 Å². The van der Waals surface area contributed by atoms with Crippen molar-refractivity contribution in [3.05, 3.63) is 72.2 Å². The van der Waals surface area contributed by atoms with Crippen LogP contribution in [0.25, 0.3) is 5.69 Å².